The minimum Gasteiger partial charge on any atom is -0.508 e. The van der Waals surface area contributed by atoms with Crippen LogP contribution in [-0.4, -0.2) is 16.2 Å². The highest BCUT2D eigenvalue weighted by Crippen LogP contribution is 2.25. The van der Waals surface area contributed by atoms with Crippen LogP contribution in [0.2, 0.25) is 0 Å². The van der Waals surface area contributed by atoms with Gasteiger partial charge >= 0.3 is 5.97 Å². The van der Waals surface area contributed by atoms with E-state index in [-0.39, 0.29) is 11.6 Å². The third-order valence-electron chi connectivity index (χ3n) is 5.56. The molecule has 31 heavy (non-hydrogen) atoms. The predicted octanol–water partition coefficient (Wildman–Crippen LogP) is 6.62. The molecule has 0 fully saturated rings. The number of hydrogen-bond acceptors (Lipinski definition) is 2. The number of aromatic carboxylic acids is 1. The van der Waals surface area contributed by atoms with Crippen LogP contribution in [0.5, 0.6) is 5.75 Å². The fraction of sp³-hybridized carbons (Fsp3) is 0.148. The maximum atomic E-state index is 13.2. The number of carboxylic acids is 1. The Hall–Kier alpha value is -3.66. The number of fused-ring (bicyclic) bond motifs is 1. The first-order valence-electron chi connectivity index (χ1n) is 10.3. The van der Waals surface area contributed by atoms with Crippen molar-refractivity contribution in [1.82, 2.24) is 0 Å². The van der Waals surface area contributed by atoms with Crippen LogP contribution in [0.3, 0.4) is 0 Å². The Morgan fingerprint density at radius 1 is 0.742 bits per heavy atom. The molecule has 0 aliphatic heterocycles. The quantitative estimate of drug-likeness (QED) is 0.334. The van der Waals surface area contributed by atoms with Crippen LogP contribution in [-0.2, 0) is 12.8 Å². The summed E-state index contributed by atoms with van der Waals surface area (Å²) in [7, 11) is 0. The molecule has 0 spiro atoms. The molecule has 0 aliphatic carbocycles. The van der Waals surface area contributed by atoms with Crippen LogP contribution in [0.25, 0.3) is 21.9 Å². The molecule has 0 amide bonds. The van der Waals surface area contributed by atoms with Crippen LogP contribution in [0.15, 0.2) is 78.9 Å². The van der Waals surface area contributed by atoms with Crippen molar-refractivity contribution in [3.8, 4) is 16.9 Å². The molecular formula is C27H23FO3. The molecule has 0 radical (unpaired) electrons. The number of phenolic OH excluding ortho intramolecular Hbond substituents is 1. The highest BCUT2D eigenvalue weighted by Gasteiger charge is 2.12. The largest absolute Gasteiger partial charge is 0.508 e. The summed E-state index contributed by atoms with van der Waals surface area (Å²) in [6.45, 7) is 0. The summed E-state index contributed by atoms with van der Waals surface area (Å²) in [5.74, 6) is -0.965. The third kappa shape index (κ3) is 4.92. The molecule has 0 saturated carbocycles. The number of carbonyl (C=O) groups is 1. The van der Waals surface area contributed by atoms with Crippen molar-refractivity contribution in [3.05, 3.63) is 101 Å². The molecule has 3 nitrogen and oxygen atoms in total. The summed E-state index contributed by atoms with van der Waals surface area (Å²) in [5, 5.41) is 21.2. The van der Waals surface area contributed by atoms with Gasteiger partial charge in [0.1, 0.15) is 11.6 Å². The second-order valence-corrected chi connectivity index (χ2v) is 7.76. The van der Waals surface area contributed by atoms with Gasteiger partial charge in [-0.05, 0) is 89.0 Å². The van der Waals surface area contributed by atoms with E-state index in [1.54, 1.807) is 36.4 Å². The molecule has 4 aromatic carbocycles. The van der Waals surface area contributed by atoms with E-state index in [2.05, 4.69) is 12.1 Å². The normalized spacial score (nSPS) is 11.0. The van der Waals surface area contributed by atoms with Gasteiger partial charge in [-0.25, -0.2) is 9.18 Å². The Bertz CT molecular complexity index is 1230. The maximum Gasteiger partial charge on any atom is 0.335 e. The lowest BCUT2D eigenvalue weighted by atomic mass is 9.95. The number of phenols is 1. The standard InChI is InChI=1S/C27H23FO3/c28-24-11-7-19(8-12-24)21-10-14-26(27(30)31)23(16-21)4-2-1-3-18-5-6-22-17-25(29)13-9-20(22)15-18/h5-17,29H,1-4H2,(H,30,31). The second kappa shape index (κ2) is 9.00. The molecule has 4 heteroatoms. The van der Waals surface area contributed by atoms with Crippen molar-refractivity contribution in [2.45, 2.75) is 25.7 Å². The smallest absolute Gasteiger partial charge is 0.335 e. The lowest BCUT2D eigenvalue weighted by Gasteiger charge is -2.10. The van der Waals surface area contributed by atoms with Crippen molar-refractivity contribution in [2.24, 2.45) is 0 Å². The van der Waals surface area contributed by atoms with Gasteiger partial charge in [-0.15, -0.1) is 0 Å². The van der Waals surface area contributed by atoms with Crippen molar-refractivity contribution in [1.29, 1.82) is 0 Å². The van der Waals surface area contributed by atoms with Crippen LogP contribution >= 0.6 is 0 Å². The number of aromatic hydroxyl groups is 1. The molecule has 156 valence electrons. The van der Waals surface area contributed by atoms with E-state index < -0.39 is 5.97 Å². The van der Waals surface area contributed by atoms with Crippen molar-refractivity contribution in [2.75, 3.05) is 0 Å². The Kier molecular flexibility index (Phi) is 5.99. The summed E-state index contributed by atoms with van der Waals surface area (Å²) in [6, 6.07) is 23.1. The Balaban J connectivity index is 1.44. The fourth-order valence-electron chi connectivity index (χ4n) is 3.91. The van der Waals surface area contributed by atoms with E-state index >= 15 is 0 Å². The Morgan fingerprint density at radius 2 is 1.42 bits per heavy atom. The molecule has 4 aromatic rings. The number of unbranched alkanes of at least 4 members (excludes halogenated alkanes) is 1. The topological polar surface area (TPSA) is 57.5 Å². The zero-order chi connectivity index (χ0) is 21.8. The summed E-state index contributed by atoms with van der Waals surface area (Å²) in [4.78, 5) is 11.6. The molecule has 0 aliphatic rings. The summed E-state index contributed by atoms with van der Waals surface area (Å²) >= 11 is 0. The second-order valence-electron chi connectivity index (χ2n) is 7.76. The van der Waals surface area contributed by atoms with Gasteiger partial charge in [-0.1, -0.05) is 48.5 Å². The van der Waals surface area contributed by atoms with E-state index in [9.17, 15) is 19.4 Å². The molecular weight excluding hydrogens is 391 g/mol. The molecule has 0 unspecified atom stereocenters. The zero-order valence-corrected chi connectivity index (χ0v) is 17.0. The highest BCUT2D eigenvalue weighted by molar-refractivity contribution is 5.90. The molecule has 0 bridgehead atoms. The monoisotopic (exact) mass is 414 g/mol. The molecule has 0 heterocycles. The number of aryl methyl sites for hydroxylation is 2. The van der Waals surface area contributed by atoms with Crippen molar-refractivity contribution >= 4 is 16.7 Å². The zero-order valence-electron chi connectivity index (χ0n) is 17.0. The first kappa shape index (κ1) is 20.6. The molecule has 2 N–H and O–H groups in total. The summed E-state index contributed by atoms with van der Waals surface area (Å²) in [6.07, 6.45) is 3.36. The van der Waals surface area contributed by atoms with E-state index in [0.717, 1.165) is 46.7 Å². The predicted molar refractivity (Wildman–Crippen MR) is 121 cm³/mol. The van der Waals surface area contributed by atoms with E-state index in [1.807, 2.05) is 18.2 Å². The number of rotatable bonds is 7. The summed E-state index contributed by atoms with van der Waals surface area (Å²) in [5.41, 5.74) is 4.08. The van der Waals surface area contributed by atoms with Gasteiger partial charge in [0.05, 0.1) is 5.56 Å². The van der Waals surface area contributed by atoms with Gasteiger partial charge in [0.2, 0.25) is 0 Å². The third-order valence-corrected chi connectivity index (χ3v) is 5.56. The maximum absolute atomic E-state index is 13.2. The Morgan fingerprint density at radius 3 is 2.19 bits per heavy atom. The molecule has 0 atom stereocenters. The SMILES string of the molecule is O=C(O)c1ccc(-c2ccc(F)cc2)cc1CCCCc1ccc2cc(O)ccc2c1. The average Bonchev–Trinajstić information content (AvgIpc) is 2.77. The summed E-state index contributed by atoms with van der Waals surface area (Å²) < 4.78 is 13.2. The lowest BCUT2D eigenvalue weighted by Crippen LogP contribution is -2.03. The molecule has 4 rings (SSSR count). The van der Waals surface area contributed by atoms with E-state index in [4.69, 9.17) is 0 Å². The van der Waals surface area contributed by atoms with Crippen LogP contribution in [0.1, 0.15) is 34.3 Å². The number of benzene rings is 4. The molecule has 0 aromatic heterocycles. The average molecular weight is 414 g/mol. The van der Waals surface area contributed by atoms with Gasteiger partial charge in [-0.3, -0.25) is 0 Å². The van der Waals surface area contributed by atoms with Gasteiger partial charge in [0.15, 0.2) is 0 Å². The fourth-order valence-corrected chi connectivity index (χ4v) is 3.91. The number of halogens is 1. The van der Waals surface area contributed by atoms with Gasteiger partial charge in [0.25, 0.3) is 0 Å². The van der Waals surface area contributed by atoms with Gasteiger partial charge < -0.3 is 10.2 Å². The van der Waals surface area contributed by atoms with Gasteiger partial charge in [-0.2, -0.15) is 0 Å². The van der Waals surface area contributed by atoms with Crippen LogP contribution in [0, 0.1) is 5.82 Å². The first-order chi connectivity index (χ1) is 15.0. The van der Waals surface area contributed by atoms with Crippen LogP contribution in [0.4, 0.5) is 4.39 Å². The van der Waals surface area contributed by atoms with Crippen molar-refractivity contribution in [3.63, 3.8) is 0 Å². The minimum absolute atomic E-state index is 0.261. The molecule has 0 saturated heterocycles. The van der Waals surface area contributed by atoms with Gasteiger partial charge in [0, 0.05) is 0 Å². The lowest BCUT2D eigenvalue weighted by molar-refractivity contribution is 0.0695. The number of carboxylic acid groups (broad SMARTS) is 1. The minimum atomic E-state index is -0.932. The number of hydrogen-bond donors (Lipinski definition) is 2. The van der Waals surface area contributed by atoms with E-state index in [0.29, 0.717) is 12.0 Å². The van der Waals surface area contributed by atoms with E-state index in [1.165, 1.54) is 17.7 Å². The Labute approximate surface area is 180 Å². The highest BCUT2D eigenvalue weighted by atomic mass is 19.1. The van der Waals surface area contributed by atoms with Crippen LogP contribution < -0.4 is 0 Å². The first-order valence-corrected chi connectivity index (χ1v) is 10.3. The van der Waals surface area contributed by atoms with Crippen molar-refractivity contribution < 1.29 is 19.4 Å².